The molecule has 5 aliphatic carbocycles. The lowest BCUT2D eigenvalue weighted by atomic mass is 9.51. The van der Waals surface area contributed by atoms with Crippen LogP contribution in [0, 0.1) is 40.9 Å². The van der Waals surface area contributed by atoms with Gasteiger partial charge >= 0.3 is 0 Å². The molecule has 7 atom stereocenters. The van der Waals surface area contributed by atoms with E-state index in [0.717, 1.165) is 56.1 Å². The van der Waals surface area contributed by atoms with Crippen molar-refractivity contribution in [3.63, 3.8) is 0 Å². The Morgan fingerprint density at radius 2 is 1.88 bits per heavy atom. The number of Topliss-reactive ketones (excluding diaryl/α,β-unsaturated/α-hetero) is 1. The molecule has 1 saturated heterocycles. The van der Waals surface area contributed by atoms with E-state index in [1.165, 1.54) is 25.7 Å². The Kier molecular flexibility index (Phi) is 2.74. The molecular weight excluding hydrogens is 300 g/mol. The van der Waals surface area contributed by atoms with E-state index in [4.69, 9.17) is 9.47 Å². The average Bonchev–Trinajstić information content (AvgIpc) is 3.18. The highest BCUT2D eigenvalue weighted by molar-refractivity contribution is 5.92. The van der Waals surface area contributed by atoms with Crippen LogP contribution in [0.3, 0.4) is 0 Å². The van der Waals surface area contributed by atoms with Gasteiger partial charge in [0.25, 0.3) is 0 Å². The molecule has 0 amide bonds. The Balaban J connectivity index is 1.31. The minimum Gasteiger partial charge on any atom is -0.347 e. The standard InChI is InChI=1S/C21H28O3/c1-20-6-4-14-13-5-7-21(23-8-9-24-21)11-12(13)2-3-15(14)18(20)16-10-17(16)19(20)22/h2,13-18H,3-11H2,1H3/t13?,14?,15?,16?,17-,18?,20?/m1/s1. The second kappa shape index (κ2) is 4.54. The highest BCUT2D eigenvalue weighted by Gasteiger charge is 2.69. The summed E-state index contributed by atoms with van der Waals surface area (Å²) in [5, 5.41) is 0. The van der Waals surface area contributed by atoms with Gasteiger partial charge in [0.1, 0.15) is 5.78 Å². The molecule has 6 unspecified atom stereocenters. The summed E-state index contributed by atoms with van der Waals surface area (Å²) in [5.41, 5.74) is 1.64. The summed E-state index contributed by atoms with van der Waals surface area (Å²) in [6, 6.07) is 0. The summed E-state index contributed by atoms with van der Waals surface area (Å²) < 4.78 is 12.0. The zero-order valence-electron chi connectivity index (χ0n) is 14.6. The number of carbonyl (C=O) groups excluding carboxylic acids is 1. The molecule has 0 aromatic rings. The van der Waals surface area contributed by atoms with E-state index >= 15 is 0 Å². The van der Waals surface area contributed by atoms with Crippen molar-refractivity contribution >= 4 is 5.78 Å². The van der Waals surface area contributed by atoms with Crippen molar-refractivity contribution in [1.82, 2.24) is 0 Å². The number of carbonyl (C=O) groups is 1. The Morgan fingerprint density at radius 3 is 2.71 bits per heavy atom. The van der Waals surface area contributed by atoms with Gasteiger partial charge in [0.05, 0.1) is 13.2 Å². The fourth-order valence-electron chi connectivity index (χ4n) is 7.66. The molecule has 3 nitrogen and oxygen atoms in total. The number of rotatable bonds is 0. The van der Waals surface area contributed by atoms with Crippen molar-refractivity contribution in [2.45, 2.75) is 57.7 Å². The fourth-order valence-corrected chi connectivity index (χ4v) is 7.66. The highest BCUT2D eigenvalue weighted by Crippen LogP contribution is 2.70. The lowest BCUT2D eigenvalue weighted by molar-refractivity contribution is -0.176. The molecule has 3 heteroatoms. The molecule has 1 spiro atoms. The smallest absolute Gasteiger partial charge is 0.172 e. The molecule has 5 fully saturated rings. The number of allylic oxidation sites excluding steroid dienone is 1. The normalized spacial score (nSPS) is 53.9. The quantitative estimate of drug-likeness (QED) is 0.636. The molecule has 6 rings (SSSR count). The molecule has 6 aliphatic rings. The van der Waals surface area contributed by atoms with Gasteiger partial charge in [-0.25, -0.2) is 0 Å². The molecule has 130 valence electrons. The van der Waals surface area contributed by atoms with Gasteiger partial charge in [-0.2, -0.15) is 0 Å². The molecule has 0 bridgehead atoms. The minimum atomic E-state index is -0.288. The van der Waals surface area contributed by atoms with Crippen LogP contribution in [0.5, 0.6) is 0 Å². The molecular formula is C21H28O3. The van der Waals surface area contributed by atoms with E-state index in [1.807, 2.05) is 0 Å². The highest BCUT2D eigenvalue weighted by atomic mass is 16.7. The number of hydrogen-bond donors (Lipinski definition) is 0. The predicted molar refractivity (Wildman–Crippen MR) is 89.1 cm³/mol. The van der Waals surface area contributed by atoms with Crippen molar-refractivity contribution in [2.24, 2.45) is 40.9 Å². The molecule has 1 aliphatic heterocycles. The van der Waals surface area contributed by atoms with Gasteiger partial charge in [-0.1, -0.05) is 18.6 Å². The Bertz CT molecular complexity index is 631. The summed E-state index contributed by atoms with van der Waals surface area (Å²) in [6.07, 6.45) is 10.6. The monoisotopic (exact) mass is 328 g/mol. The van der Waals surface area contributed by atoms with E-state index in [-0.39, 0.29) is 11.2 Å². The van der Waals surface area contributed by atoms with Crippen LogP contribution in [0.15, 0.2) is 11.6 Å². The topological polar surface area (TPSA) is 35.5 Å². The summed E-state index contributed by atoms with van der Waals surface area (Å²) in [7, 11) is 0. The Hall–Kier alpha value is -0.670. The van der Waals surface area contributed by atoms with Crippen LogP contribution in [-0.2, 0) is 14.3 Å². The third kappa shape index (κ3) is 1.69. The third-order valence-corrected chi connectivity index (χ3v) is 8.71. The molecule has 1 heterocycles. The Labute approximate surface area is 144 Å². The third-order valence-electron chi connectivity index (χ3n) is 8.71. The van der Waals surface area contributed by atoms with Gasteiger partial charge in [-0.15, -0.1) is 0 Å². The lowest BCUT2D eigenvalue weighted by Gasteiger charge is -2.53. The van der Waals surface area contributed by atoms with Gasteiger partial charge in [0.2, 0.25) is 0 Å². The van der Waals surface area contributed by atoms with Crippen LogP contribution in [0.25, 0.3) is 0 Å². The van der Waals surface area contributed by atoms with E-state index in [2.05, 4.69) is 13.0 Å². The zero-order valence-corrected chi connectivity index (χ0v) is 14.6. The second-order valence-corrected chi connectivity index (χ2v) is 9.62. The first-order valence-electron chi connectivity index (χ1n) is 10.1. The van der Waals surface area contributed by atoms with Crippen molar-refractivity contribution in [3.8, 4) is 0 Å². The number of fused-ring (bicyclic) bond motifs is 7. The van der Waals surface area contributed by atoms with E-state index < -0.39 is 0 Å². The largest absolute Gasteiger partial charge is 0.347 e. The van der Waals surface area contributed by atoms with E-state index in [9.17, 15) is 4.79 Å². The van der Waals surface area contributed by atoms with Crippen LogP contribution >= 0.6 is 0 Å². The van der Waals surface area contributed by atoms with E-state index in [0.29, 0.717) is 17.6 Å². The van der Waals surface area contributed by atoms with Crippen LogP contribution in [-0.4, -0.2) is 24.8 Å². The molecule has 24 heavy (non-hydrogen) atoms. The van der Waals surface area contributed by atoms with Gasteiger partial charge in [0, 0.05) is 24.2 Å². The second-order valence-electron chi connectivity index (χ2n) is 9.62. The molecule has 0 N–H and O–H groups in total. The van der Waals surface area contributed by atoms with Crippen LogP contribution in [0.2, 0.25) is 0 Å². The van der Waals surface area contributed by atoms with Gasteiger partial charge < -0.3 is 9.47 Å². The summed E-state index contributed by atoms with van der Waals surface area (Å²) in [4.78, 5) is 12.8. The molecule has 4 saturated carbocycles. The summed E-state index contributed by atoms with van der Waals surface area (Å²) in [5.74, 6) is 4.51. The van der Waals surface area contributed by atoms with Gasteiger partial charge in [0.15, 0.2) is 5.79 Å². The predicted octanol–water partition coefficient (Wildman–Crippen LogP) is 3.73. The van der Waals surface area contributed by atoms with Crippen LogP contribution in [0.1, 0.15) is 51.9 Å². The summed E-state index contributed by atoms with van der Waals surface area (Å²) in [6.45, 7) is 3.82. The lowest BCUT2D eigenvalue weighted by Crippen LogP contribution is -2.49. The van der Waals surface area contributed by atoms with Crippen LogP contribution in [0.4, 0.5) is 0 Å². The molecule has 0 aromatic heterocycles. The van der Waals surface area contributed by atoms with Crippen molar-refractivity contribution in [1.29, 1.82) is 0 Å². The molecule has 0 aromatic carbocycles. The summed E-state index contributed by atoms with van der Waals surface area (Å²) >= 11 is 0. The fraction of sp³-hybridized carbons (Fsp3) is 0.857. The average molecular weight is 328 g/mol. The van der Waals surface area contributed by atoms with E-state index in [1.54, 1.807) is 5.57 Å². The van der Waals surface area contributed by atoms with Gasteiger partial charge in [-0.3, -0.25) is 4.79 Å². The maximum absolute atomic E-state index is 12.8. The van der Waals surface area contributed by atoms with Gasteiger partial charge in [-0.05, 0) is 61.7 Å². The number of hydrogen-bond acceptors (Lipinski definition) is 3. The zero-order chi connectivity index (χ0) is 16.1. The maximum atomic E-state index is 12.8. The van der Waals surface area contributed by atoms with Crippen LogP contribution < -0.4 is 0 Å². The SMILES string of the molecule is CC12CCC3C4CCC5(CC4=CCC3C1C1C[C@H]1C2=O)OCCO5. The molecule has 0 radical (unpaired) electrons. The van der Waals surface area contributed by atoms with Crippen molar-refractivity contribution < 1.29 is 14.3 Å². The van der Waals surface area contributed by atoms with Crippen molar-refractivity contribution in [3.05, 3.63) is 11.6 Å². The first-order chi connectivity index (χ1) is 11.6. The first kappa shape index (κ1) is 14.5. The number of ketones is 1. The Morgan fingerprint density at radius 1 is 1.04 bits per heavy atom. The minimum absolute atomic E-state index is 0.0215. The van der Waals surface area contributed by atoms with Crippen molar-refractivity contribution in [2.75, 3.05) is 13.2 Å². The maximum Gasteiger partial charge on any atom is 0.172 e. The first-order valence-corrected chi connectivity index (χ1v) is 10.1. The number of ether oxygens (including phenoxy) is 2.